The zero-order valence-corrected chi connectivity index (χ0v) is 14.5. The van der Waals surface area contributed by atoms with Gasteiger partial charge in [-0.3, -0.25) is 9.59 Å². The summed E-state index contributed by atoms with van der Waals surface area (Å²) in [6.45, 7) is 4.71. The van der Waals surface area contributed by atoms with E-state index in [1.165, 1.54) is 11.8 Å². The summed E-state index contributed by atoms with van der Waals surface area (Å²) in [4.78, 5) is 25.4. The van der Waals surface area contributed by atoms with Gasteiger partial charge in [-0.25, -0.2) is 0 Å². The highest BCUT2D eigenvalue weighted by Gasteiger charge is 2.22. The molecule has 0 saturated carbocycles. The lowest BCUT2D eigenvalue weighted by Crippen LogP contribution is -2.41. The molecule has 2 amide bonds. The van der Waals surface area contributed by atoms with Gasteiger partial charge in [-0.05, 0) is 37.5 Å². The van der Waals surface area contributed by atoms with E-state index in [0.717, 1.165) is 29.5 Å². The smallest absolute Gasteiger partial charge is 0.243 e. The van der Waals surface area contributed by atoms with Crippen molar-refractivity contribution >= 4 is 33.4 Å². The minimum atomic E-state index is -0.205. The van der Waals surface area contributed by atoms with Gasteiger partial charge in [0, 0.05) is 30.2 Å². The van der Waals surface area contributed by atoms with Crippen LogP contribution in [-0.2, 0) is 14.3 Å². The first-order valence-corrected chi connectivity index (χ1v) is 8.18. The summed E-state index contributed by atoms with van der Waals surface area (Å²) in [7, 11) is 0. The Morgan fingerprint density at radius 3 is 2.82 bits per heavy atom. The zero-order valence-electron chi connectivity index (χ0n) is 12.9. The summed E-state index contributed by atoms with van der Waals surface area (Å²) < 4.78 is 6.47. The third kappa shape index (κ3) is 4.81. The molecular formula is C16H21BrN2O3. The third-order valence-electron chi connectivity index (χ3n) is 3.68. The first-order chi connectivity index (χ1) is 10.5. The molecule has 1 fully saturated rings. The van der Waals surface area contributed by atoms with Gasteiger partial charge in [0.1, 0.15) is 0 Å². The molecule has 1 N–H and O–H groups in total. The summed E-state index contributed by atoms with van der Waals surface area (Å²) in [5.74, 6) is -0.320. The van der Waals surface area contributed by atoms with Crippen LogP contribution in [0.4, 0.5) is 5.69 Å². The van der Waals surface area contributed by atoms with Gasteiger partial charge < -0.3 is 15.0 Å². The van der Waals surface area contributed by atoms with Crippen LogP contribution in [0.25, 0.3) is 0 Å². The van der Waals surface area contributed by atoms with Crippen LogP contribution in [0.2, 0.25) is 0 Å². The second-order valence-corrected chi connectivity index (χ2v) is 6.40. The second-order valence-electron chi connectivity index (χ2n) is 5.55. The van der Waals surface area contributed by atoms with Gasteiger partial charge in [-0.2, -0.15) is 0 Å². The number of halogens is 1. The van der Waals surface area contributed by atoms with Crippen LogP contribution in [-0.4, -0.2) is 42.5 Å². The fourth-order valence-corrected chi connectivity index (χ4v) is 2.76. The number of nitrogens with zero attached hydrogens (tertiary/aromatic N) is 1. The van der Waals surface area contributed by atoms with E-state index in [1.807, 2.05) is 25.1 Å². The lowest BCUT2D eigenvalue weighted by molar-refractivity contribution is -0.134. The highest BCUT2D eigenvalue weighted by Crippen LogP contribution is 2.20. The highest BCUT2D eigenvalue weighted by atomic mass is 79.9. The molecule has 0 aromatic heterocycles. The van der Waals surface area contributed by atoms with Gasteiger partial charge in [0.05, 0.1) is 12.6 Å². The maximum atomic E-state index is 12.1. The monoisotopic (exact) mass is 368 g/mol. The number of benzene rings is 1. The van der Waals surface area contributed by atoms with E-state index in [-0.39, 0.29) is 24.5 Å². The molecule has 1 saturated heterocycles. The standard InChI is InChI=1S/C16H21BrN2O3/c1-11-5-6-13(8-15(11)17)18-16(21)10-19(12(2)20)9-14-4-3-7-22-14/h5-6,8,14H,3-4,7,9-10H2,1-2H3,(H,18,21). The Bertz CT molecular complexity index is 556. The maximum Gasteiger partial charge on any atom is 0.243 e. The number of anilines is 1. The summed E-state index contributed by atoms with van der Waals surface area (Å²) in [5.41, 5.74) is 1.81. The number of carbonyl (C=O) groups excluding carboxylic acids is 2. The molecule has 0 spiro atoms. The molecule has 1 aliphatic heterocycles. The van der Waals surface area contributed by atoms with Gasteiger partial charge in [-0.15, -0.1) is 0 Å². The number of ether oxygens (including phenoxy) is 1. The highest BCUT2D eigenvalue weighted by molar-refractivity contribution is 9.10. The van der Waals surface area contributed by atoms with Crippen molar-refractivity contribution in [1.82, 2.24) is 4.90 Å². The van der Waals surface area contributed by atoms with Crippen LogP contribution >= 0.6 is 15.9 Å². The summed E-state index contributed by atoms with van der Waals surface area (Å²) >= 11 is 3.44. The Hall–Kier alpha value is -1.40. The maximum absolute atomic E-state index is 12.1. The van der Waals surface area contributed by atoms with Crippen LogP contribution < -0.4 is 5.32 Å². The van der Waals surface area contributed by atoms with Gasteiger partial charge >= 0.3 is 0 Å². The molecular weight excluding hydrogens is 348 g/mol. The molecule has 22 heavy (non-hydrogen) atoms. The molecule has 1 aliphatic rings. The van der Waals surface area contributed by atoms with E-state index in [9.17, 15) is 9.59 Å². The summed E-state index contributed by atoms with van der Waals surface area (Å²) in [6.07, 6.45) is 2.00. The molecule has 0 radical (unpaired) electrons. The van der Waals surface area contributed by atoms with E-state index >= 15 is 0 Å². The van der Waals surface area contributed by atoms with Crippen molar-refractivity contribution in [2.45, 2.75) is 32.8 Å². The fourth-order valence-electron chi connectivity index (χ4n) is 2.38. The topological polar surface area (TPSA) is 58.6 Å². The van der Waals surface area contributed by atoms with Crippen molar-refractivity contribution < 1.29 is 14.3 Å². The van der Waals surface area contributed by atoms with Crippen molar-refractivity contribution in [2.75, 3.05) is 25.0 Å². The van der Waals surface area contributed by atoms with Crippen molar-refractivity contribution in [1.29, 1.82) is 0 Å². The number of carbonyl (C=O) groups is 2. The van der Waals surface area contributed by atoms with E-state index in [4.69, 9.17) is 4.74 Å². The average molecular weight is 369 g/mol. The van der Waals surface area contributed by atoms with Gasteiger partial charge in [0.15, 0.2) is 0 Å². The third-order valence-corrected chi connectivity index (χ3v) is 4.54. The minimum Gasteiger partial charge on any atom is -0.376 e. The number of rotatable bonds is 5. The Labute approximate surface area is 139 Å². The average Bonchev–Trinajstić information content (AvgIpc) is 2.95. The lowest BCUT2D eigenvalue weighted by Gasteiger charge is -2.23. The van der Waals surface area contributed by atoms with Crippen LogP contribution in [0.5, 0.6) is 0 Å². The first-order valence-electron chi connectivity index (χ1n) is 7.39. The van der Waals surface area contributed by atoms with Gasteiger partial charge in [-0.1, -0.05) is 22.0 Å². The number of hydrogen-bond acceptors (Lipinski definition) is 3. The van der Waals surface area contributed by atoms with Crippen LogP contribution in [0.3, 0.4) is 0 Å². The second kappa shape index (κ2) is 7.74. The molecule has 0 aliphatic carbocycles. The van der Waals surface area contributed by atoms with Crippen LogP contribution in [0.1, 0.15) is 25.3 Å². The minimum absolute atomic E-state index is 0.0424. The summed E-state index contributed by atoms with van der Waals surface area (Å²) in [5, 5.41) is 2.82. The number of nitrogens with one attached hydrogen (secondary N) is 1. The van der Waals surface area contributed by atoms with E-state index in [2.05, 4.69) is 21.2 Å². The largest absolute Gasteiger partial charge is 0.376 e. The number of hydrogen-bond donors (Lipinski definition) is 1. The molecule has 1 unspecified atom stereocenters. The Balaban J connectivity index is 1.92. The predicted molar refractivity (Wildman–Crippen MR) is 88.7 cm³/mol. The Kier molecular flexibility index (Phi) is 5.97. The molecule has 5 nitrogen and oxygen atoms in total. The van der Waals surface area contributed by atoms with Gasteiger partial charge in [0.25, 0.3) is 0 Å². The number of aryl methyl sites for hydroxylation is 1. The van der Waals surface area contributed by atoms with E-state index < -0.39 is 0 Å². The first kappa shape index (κ1) is 17.0. The molecule has 120 valence electrons. The van der Waals surface area contributed by atoms with Crippen LogP contribution in [0, 0.1) is 6.92 Å². The van der Waals surface area contributed by atoms with E-state index in [1.54, 1.807) is 0 Å². The Morgan fingerprint density at radius 2 is 2.23 bits per heavy atom. The van der Waals surface area contributed by atoms with Gasteiger partial charge in [0.2, 0.25) is 11.8 Å². The summed E-state index contributed by atoms with van der Waals surface area (Å²) in [6, 6.07) is 5.62. The zero-order chi connectivity index (χ0) is 16.1. The van der Waals surface area contributed by atoms with Crippen molar-refractivity contribution in [3.05, 3.63) is 28.2 Å². The molecule has 2 rings (SSSR count). The molecule has 1 heterocycles. The molecule has 0 bridgehead atoms. The normalized spacial score (nSPS) is 17.3. The predicted octanol–water partition coefficient (Wildman–Crippen LogP) is 2.72. The Morgan fingerprint density at radius 1 is 1.45 bits per heavy atom. The lowest BCUT2D eigenvalue weighted by atomic mass is 10.2. The number of amides is 2. The SMILES string of the molecule is CC(=O)N(CC(=O)Nc1ccc(C)c(Br)c1)CC1CCCO1. The van der Waals surface area contributed by atoms with Crippen molar-refractivity contribution in [3.63, 3.8) is 0 Å². The fraction of sp³-hybridized carbons (Fsp3) is 0.500. The molecule has 1 aromatic rings. The van der Waals surface area contributed by atoms with Crippen molar-refractivity contribution in [3.8, 4) is 0 Å². The van der Waals surface area contributed by atoms with E-state index in [0.29, 0.717) is 12.2 Å². The van der Waals surface area contributed by atoms with Crippen molar-refractivity contribution in [2.24, 2.45) is 0 Å². The molecule has 1 atom stereocenters. The molecule has 6 heteroatoms. The molecule has 1 aromatic carbocycles. The van der Waals surface area contributed by atoms with Crippen LogP contribution in [0.15, 0.2) is 22.7 Å². The quantitative estimate of drug-likeness (QED) is 0.868.